The molecule has 2 rings (SSSR count). The van der Waals surface area contributed by atoms with Gasteiger partial charge in [0.25, 0.3) is 0 Å². The summed E-state index contributed by atoms with van der Waals surface area (Å²) in [6.07, 6.45) is 2.70. The molecule has 2 N–H and O–H groups in total. The highest BCUT2D eigenvalue weighted by atomic mass is 16.1. The number of hydrogen-bond acceptors (Lipinski definition) is 2. The summed E-state index contributed by atoms with van der Waals surface area (Å²) in [6, 6.07) is 10.3. The van der Waals surface area contributed by atoms with Crippen molar-refractivity contribution in [2.24, 2.45) is 5.92 Å². The maximum Gasteiger partial charge on any atom is 0.220 e. The monoisotopic (exact) mass is 246 g/mol. The lowest BCUT2D eigenvalue weighted by atomic mass is 10.0. The largest absolute Gasteiger partial charge is 0.349 e. The SMILES string of the molecule is CCC(NC(=O)CC1CCNC1)c1ccccc1. The minimum Gasteiger partial charge on any atom is -0.349 e. The van der Waals surface area contributed by atoms with Crippen molar-refractivity contribution in [1.82, 2.24) is 10.6 Å². The molecule has 2 atom stereocenters. The lowest BCUT2D eigenvalue weighted by Gasteiger charge is -2.18. The maximum absolute atomic E-state index is 12.0. The molecule has 1 aliphatic rings. The van der Waals surface area contributed by atoms with Crippen molar-refractivity contribution in [3.05, 3.63) is 35.9 Å². The van der Waals surface area contributed by atoms with Crippen molar-refractivity contribution in [2.45, 2.75) is 32.2 Å². The van der Waals surface area contributed by atoms with Gasteiger partial charge in [0.2, 0.25) is 5.91 Å². The molecule has 1 amide bonds. The van der Waals surface area contributed by atoms with Crippen LogP contribution in [0.5, 0.6) is 0 Å². The number of carbonyl (C=O) groups is 1. The van der Waals surface area contributed by atoms with Crippen LogP contribution < -0.4 is 10.6 Å². The fourth-order valence-corrected chi connectivity index (χ4v) is 2.51. The van der Waals surface area contributed by atoms with E-state index in [4.69, 9.17) is 0 Å². The van der Waals surface area contributed by atoms with Crippen molar-refractivity contribution in [1.29, 1.82) is 0 Å². The lowest BCUT2D eigenvalue weighted by Crippen LogP contribution is -2.30. The summed E-state index contributed by atoms with van der Waals surface area (Å²) in [7, 11) is 0. The number of carbonyl (C=O) groups excluding carboxylic acids is 1. The molecule has 0 spiro atoms. The quantitative estimate of drug-likeness (QED) is 0.836. The van der Waals surface area contributed by atoms with Crippen LogP contribution in [0.3, 0.4) is 0 Å². The predicted octanol–water partition coefficient (Wildman–Crippen LogP) is 2.25. The number of nitrogens with one attached hydrogen (secondary N) is 2. The molecule has 0 bridgehead atoms. The smallest absolute Gasteiger partial charge is 0.220 e. The van der Waals surface area contributed by atoms with Crippen molar-refractivity contribution in [2.75, 3.05) is 13.1 Å². The van der Waals surface area contributed by atoms with Crippen LogP contribution in [0.4, 0.5) is 0 Å². The van der Waals surface area contributed by atoms with Crippen molar-refractivity contribution >= 4 is 5.91 Å². The minimum absolute atomic E-state index is 0.146. The first-order chi connectivity index (χ1) is 8.79. The maximum atomic E-state index is 12.0. The molecule has 1 fully saturated rings. The predicted molar refractivity (Wildman–Crippen MR) is 73.2 cm³/mol. The van der Waals surface area contributed by atoms with Crippen LogP contribution >= 0.6 is 0 Å². The zero-order chi connectivity index (χ0) is 12.8. The number of amides is 1. The molecule has 3 nitrogen and oxygen atoms in total. The molecule has 0 saturated carbocycles. The number of benzene rings is 1. The van der Waals surface area contributed by atoms with Crippen LogP contribution in [0.15, 0.2) is 30.3 Å². The summed E-state index contributed by atoms with van der Waals surface area (Å²) in [5, 5.41) is 6.44. The first kappa shape index (κ1) is 13.1. The molecular formula is C15H22N2O. The highest BCUT2D eigenvalue weighted by Crippen LogP contribution is 2.18. The Bertz CT molecular complexity index is 371. The molecule has 1 saturated heterocycles. The molecule has 0 aliphatic carbocycles. The topological polar surface area (TPSA) is 41.1 Å². The average molecular weight is 246 g/mol. The Hall–Kier alpha value is -1.35. The Morgan fingerprint density at radius 2 is 2.22 bits per heavy atom. The molecule has 0 radical (unpaired) electrons. The van der Waals surface area contributed by atoms with Gasteiger partial charge in [0, 0.05) is 6.42 Å². The summed E-state index contributed by atoms with van der Waals surface area (Å²) in [5.41, 5.74) is 1.19. The van der Waals surface area contributed by atoms with Gasteiger partial charge in [-0.05, 0) is 37.4 Å². The molecule has 2 unspecified atom stereocenters. The van der Waals surface area contributed by atoms with Crippen LogP contribution in [0.1, 0.15) is 37.8 Å². The third-order valence-corrected chi connectivity index (χ3v) is 3.58. The van der Waals surface area contributed by atoms with E-state index in [9.17, 15) is 4.79 Å². The van der Waals surface area contributed by atoms with Gasteiger partial charge >= 0.3 is 0 Å². The van der Waals surface area contributed by atoms with E-state index in [0.29, 0.717) is 12.3 Å². The molecule has 0 aromatic heterocycles. The van der Waals surface area contributed by atoms with Gasteiger partial charge in [0.1, 0.15) is 0 Å². The van der Waals surface area contributed by atoms with Crippen molar-refractivity contribution in [3.8, 4) is 0 Å². The van der Waals surface area contributed by atoms with Gasteiger partial charge < -0.3 is 10.6 Å². The molecule has 1 heterocycles. The van der Waals surface area contributed by atoms with Crippen LogP contribution in [0.2, 0.25) is 0 Å². The Balaban J connectivity index is 1.87. The van der Waals surface area contributed by atoms with E-state index in [1.807, 2.05) is 18.2 Å². The van der Waals surface area contributed by atoms with E-state index >= 15 is 0 Å². The highest BCUT2D eigenvalue weighted by Gasteiger charge is 2.19. The first-order valence-corrected chi connectivity index (χ1v) is 6.84. The average Bonchev–Trinajstić information content (AvgIpc) is 2.90. The number of rotatable bonds is 5. The van der Waals surface area contributed by atoms with Gasteiger partial charge in [0.15, 0.2) is 0 Å². The van der Waals surface area contributed by atoms with E-state index in [1.54, 1.807) is 0 Å². The van der Waals surface area contributed by atoms with Gasteiger partial charge in [-0.2, -0.15) is 0 Å². The van der Waals surface area contributed by atoms with Crippen molar-refractivity contribution in [3.63, 3.8) is 0 Å². The number of hydrogen-bond donors (Lipinski definition) is 2. The Labute approximate surface area is 109 Å². The second-order valence-corrected chi connectivity index (χ2v) is 5.00. The van der Waals surface area contributed by atoms with Gasteiger partial charge in [0.05, 0.1) is 6.04 Å². The molecule has 18 heavy (non-hydrogen) atoms. The van der Waals surface area contributed by atoms with E-state index in [-0.39, 0.29) is 11.9 Å². The fourth-order valence-electron chi connectivity index (χ4n) is 2.51. The summed E-state index contributed by atoms with van der Waals surface area (Å²) >= 11 is 0. The van der Waals surface area contributed by atoms with E-state index in [0.717, 1.165) is 25.9 Å². The van der Waals surface area contributed by atoms with Crippen LogP contribution in [0, 0.1) is 5.92 Å². The lowest BCUT2D eigenvalue weighted by molar-refractivity contribution is -0.122. The van der Waals surface area contributed by atoms with E-state index in [2.05, 4.69) is 29.7 Å². The summed E-state index contributed by atoms with van der Waals surface area (Å²) < 4.78 is 0. The summed E-state index contributed by atoms with van der Waals surface area (Å²) in [4.78, 5) is 12.0. The van der Waals surface area contributed by atoms with E-state index < -0.39 is 0 Å². The van der Waals surface area contributed by atoms with Crippen LogP contribution in [-0.2, 0) is 4.79 Å². The molecular weight excluding hydrogens is 224 g/mol. The molecule has 98 valence electrons. The fraction of sp³-hybridized carbons (Fsp3) is 0.533. The third-order valence-electron chi connectivity index (χ3n) is 3.58. The third kappa shape index (κ3) is 3.57. The standard InChI is InChI=1S/C15H22N2O/c1-2-14(13-6-4-3-5-7-13)17-15(18)10-12-8-9-16-11-12/h3-7,12,14,16H,2,8-11H2,1H3,(H,17,18). The Morgan fingerprint density at radius 1 is 1.44 bits per heavy atom. The highest BCUT2D eigenvalue weighted by molar-refractivity contribution is 5.76. The normalized spacial score (nSPS) is 20.6. The zero-order valence-electron chi connectivity index (χ0n) is 11.0. The minimum atomic E-state index is 0.146. The molecule has 1 aliphatic heterocycles. The molecule has 1 aromatic rings. The van der Waals surface area contributed by atoms with Crippen LogP contribution in [0.25, 0.3) is 0 Å². The Morgan fingerprint density at radius 3 is 2.83 bits per heavy atom. The summed E-state index contributed by atoms with van der Waals surface area (Å²) in [5.74, 6) is 0.692. The molecule has 3 heteroatoms. The van der Waals surface area contributed by atoms with Crippen LogP contribution in [-0.4, -0.2) is 19.0 Å². The van der Waals surface area contributed by atoms with Gasteiger partial charge in [-0.25, -0.2) is 0 Å². The van der Waals surface area contributed by atoms with Crippen molar-refractivity contribution < 1.29 is 4.79 Å². The van der Waals surface area contributed by atoms with Gasteiger partial charge in [-0.15, -0.1) is 0 Å². The van der Waals surface area contributed by atoms with Gasteiger partial charge in [-0.1, -0.05) is 37.3 Å². The van der Waals surface area contributed by atoms with Gasteiger partial charge in [-0.3, -0.25) is 4.79 Å². The second kappa shape index (κ2) is 6.55. The van der Waals surface area contributed by atoms with E-state index in [1.165, 1.54) is 5.56 Å². The second-order valence-electron chi connectivity index (χ2n) is 5.00. The summed E-state index contributed by atoms with van der Waals surface area (Å²) in [6.45, 7) is 4.14. The zero-order valence-corrected chi connectivity index (χ0v) is 11.0. The molecule has 1 aromatic carbocycles. The Kier molecular flexibility index (Phi) is 4.76. The first-order valence-electron chi connectivity index (χ1n) is 6.84.